The number of amides is 3. The molecule has 149 heavy (non-hydrogen) atoms. The molecule has 0 radical (unpaired) electrons. The second-order valence-corrected chi connectivity index (χ2v) is 47.0. The Labute approximate surface area is 870 Å². The smallest absolute Gasteiger partial charge is 0.476 e. The number of likely N-dealkylation sites (tertiary alicyclic amines) is 3. The number of hydrogen-bond acceptors (Lipinski definition) is 28. The number of carbonyl (C=O) groups excluding carboxylic acids is 3. The maximum Gasteiger partial charge on any atom is 0.476 e. The van der Waals surface area contributed by atoms with Gasteiger partial charge in [-0.25, -0.2) is 47.6 Å². The number of methoxy groups -OCH3 is 3. The summed E-state index contributed by atoms with van der Waals surface area (Å²) >= 11 is 0. The Morgan fingerprint density at radius 1 is 0.356 bits per heavy atom. The van der Waals surface area contributed by atoms with Crippen molar-refractivity contribution in [1.29, 1.82) is 0 Å². The summed E-state index contributed by atoms with van der Waals surface area (Å²) < 4.78 is 123. The van der Waals surface area contributed by atoms with E-state index in [0.717, 1.165) is 97.4 Å². The summed E-state index contributed by atoms with van der Waals surface area (Å²) in [7, 11) is -0.172. The molecule has 12 aromatic rings. The summed E-state index contributed by atoms with van der Waals surface area (Å²) in [6, 6.07) is 33.3. The quantitative estimate of drug-likeness (QED) is 0.0127. The van der Waals surface area contributed by atoms with Crippen LogP contribution in [0.5, 0.6) is 34.5 Å². The number of hydrogen-bond donors (Lipinski definition) is 9. The average molecular weight is 2070 g/mol. The van der Waals surface area contributed by atoms with E-state index in [1.165, 1.54) is 73.6 Å². The van der Waals surface area contributed by atoms with Crippen molar-refractivity contribution in [2.24, 2.45) is 50.2 Å². The molecule has 34 nitrogen and oxygen atoms in total. The first-order valence-corrected chi connectivity index (χ1v) is 53.0. The molecular formula is C111H147F3N21O13P. The van der Waals surface area contributed by atoms with E-state index in [-0.39, 0.29) is 54.7 Å². The molecule has 0 aliphatic carbocycles. The lowest BCUT2D eigenvalue weighted by molar-refractivity contribution is -0.241. The number of aromatic amines is 3. The van der Waals surface area contributed by atoms with E-state index in [1.807, 2.05) is 36.4 Å². The number of nitrogens with one attached hydrogen (secondary N) is 9. The third-order valence-corrected chi connectivity index (χ3v) is 30.9. The number of nitrogens with zero attached hydrogens (tertiary/aromatic N) is 12. The minimum atomic E-state index is -4.96. The standard InChI is InChI=1S/C111H147F3N21O13P/c1-103(2,3)109(104(4,5)6,70-34-43-133(44-35-70)40-25-49-143-91-64-85-82(61-88(91)140-19)100(118-67-115-85)124-94-55-79(127-130-94)58-97(136)121-76-31-22-28-73(112)52-76)146-149(139,147-110(105(7,8)9,106(10,11)12)71-36-45-134(46-37-71)41-26-50-144-92-65-86-83(62-89(92)141-20)101(119-68-116-86)125-95-56-80(128-131-95)59-98(137)122-77-32-23-29-74(113)53-77)148-111(107(13,14)15,108(16,17)18)72-38-47-135(48-39-72)42-27-51-145-93-66-87-84(63-90(93)142-21)102(120-69-117-87)126-96-57-81(129-132-96)60-99(138)123-78-33-24-30-75(114)54-78/h22-24,28-33,52-57,61-72H,25-27,34-51,58-60H2,1-21H3,(H,121,136)(H,122,137)(H,123,138)(H2,115,118,124,127,130)(H2,116,119,125,128,131)(H2,117,120,126,129,132). The number of benzene rings is 6. The first-order valence-electron chi connectivity index (χ1n) is 51.5. The molecule has 0 unspecified atom stereocenters. The number of carbonyl (C=O) groups is 3. The van der Waals surface area contributed by atoms with Crippen LogP contribution in [-0.4, -0.2) is 210 Å². The van der Waals surface area contributed by atoms with Gasteiger partial charge in [0, 0.05) is 106 Å². The van der Waals surface area contributed by atoms with Gasteiger partial charge in [0.15, 0.2) is 52.0 Å². The molecule has 3 aliphatic heterocycles. The van der Waals surface area contributed by atoms with E-state index >= 15 is 4.57 Å². The van der Waals surface area contributed by atoms with Gasteiger partial charge in [-0.15, -0.1) is 0 Å². The van der Waals surface area contributed by atoms with E-state index in [2.05, 4.69) is 232 Å². The first kappa shape index (κ1) is 111. The van der Waals surface area contributed by atoms with Crippen LogP contribution in [0.15, 0.2) is 146 Å². The molecule has 0 bridgehead atoms. The lowest BCUT2D eigenvalue weighted by Crippen LogP contribution is -2.65. The normalized spacial score (nSPS) is 15.3. The van der Waals surface area contributed by atoms with Gasteiger partial charge in [0.1, 0.15) is 53.9 Å². The van der Waals surface area contributed by atoms with Crippen molar-refractivity contribution in [2.45, 2.75) is 218 Å². The van der Waals surface area contributed by atoms with Crippen LogP contribution in [0.1, 0.15) is 199 Å². The number of piperidine rings is 3. The number of phosphoric acid groups is 1. The zero-order valence-electron chi connectivity index (χ0n) is 89.8. The molecule has 15 rings (SSSR count). The topological polar surface area (TPSA) is 397 Å². The number of phosphoric ester groups is 1. The predicted molar refractivity (Wildman–Crippen MR) is 574 cm³/mol. The van der Waals surface area contributed by atoms with Crippen molar-refractivity contribution < 1.29 is 74.1 Å². The fourth-order valence-electron chi connectivity index (χ4n) is 23.8. The first-order chi connectivity index (χ1) is 70.6. The van der Waals surface area contributed by atoms with E-state index in [4.69, 9.17) is 42.0 Å². The van der Waals surface area contributed by atoms with E-state index < -0.39 is 74.6 Å². The molecule has 9 N–H and O–H groups in total. The Balaban J connectivity index is 0.646. The summed E-state index contributed by atoms with van der Waals surface area (Å²) in [5.74, 6) is 2.92. The Kier molecular flexibility index (Phi) is 34.2. The molecule has 0 atom stereocenters. The Morgan fingerprint density at radius 2 is 0.611 bits per heavy atom. The minimum Gasteiger partial charge on any atom is -0.493 e. The second-order valence-electron chi connectivity index (χ2n) is 45.5. The number of fused-ring (bicyclic) bond motifs is 3. The molecule has 3 fully saturated rings. The zero-order chi connectivity index (χ0) is 107. The Morgan fingerprint density at radius 3 is 0.846 bits per heavy atom. The monoisotopic (exact) mass is 2070 g/mol. The Hall–Kier alpha value is -12.6. The maximum absolute atomic E-state index is 18.9. The van der Waals surface area contributed by atoms with Crippen molar-refractivity contribution in [2.75, 3.05) is 132 Å². The minimum absolute atomic E-state index is 0.0297. The van der Waals surface area contributed by atoms with Gasteiger partial charge < -0.3 is 75.0 Å². The number of halogens is 3. The molecule has 3 aliphatic rings. The molecule has 0 spiro atoms. The summed E-state index contributed by atoms with van der Waals surface area (Å²) in [6.45, 7) is 48.3. The zero-order valence-corrected chi connectivity index (χ0v) is 90.7. The van der Waals surface area contributed by atoms with Crippen LogP contribution >= 0.6 is 7.82 Å². The molecule has 6 aromatic carbocycles. The van der Waals surface area contributed by atoms with Crippen molar-refractivity contribution in [3.8, 4) is 34.5 Å². The van der Waals surface area contributed by atoms with Gasteiger partial charge in [-0.3, -0.25) is 43.3 Å². The van der Waals surface area contributed by atoms with E-state index in [1.54, 1.807) is 57.7 Å². The van der Waals surface area contributed by atoms with Crippen LogP contribution in [0.4, 0.5) is 65.1 Å². The van der Waals surface area contributed by atoms with Crippen LogP contribution in [0, 0.1) is 67.7 Å². The third-order valence-electron chi connectivity index (χ3n) is 29.3. The molecule has 3 amide bonds. The van der Waals surface area contributed by atoms with Crippen LogP contribution in [0.25, 0.3) is 32.7 Å². The van der Waals surface area contributed by atoms with Gasteiger partial charge in [0.05, 0.1) is 93.8 Å². The average Bonchev–Trinajstić information content (AvgIpc) is 0.887. The summed E-state index contributed by atoms with van der Waals surface area (Å²) in [6.07, 6.45) is 10.8. The lowest BCUT2D eigenvalue weighted by atomic mass is 9.55. The van der Waals surface area contributed by atoms with Crippen molar-refractivity contribution in [3.63, 3.8) is 0 Å². The van der Waals surface area contributed by atoms with Crippen molar-refractivity contribution >= 4 is 110 Å². The summed E-state index contributed by atoms with van der Waals surface area (Å²) in [5, 5.41) is 41.8. The molecule has 0 saturated carbocycles. The van der Waals surface area contributed by atoms with Crippen molar-refractivity contribution in [3.05, 3.63) is 181 Å². The number of aromatic nitrogens is 12. The second kappa shape index (κ2) is 46.0. The lowest BCUT2D eigenvalue weighted by Gasteiger charge is -2.64. The summed E-state index contributed by atoms with van der Waals surface area (Å²) in [4.78, 5) is 73.7. The number of ether oxygens (including phenoxy) is 6. The van der Waals surface area contributed by atoms with Crippen molar-refractivity contribution in [1.82, 2.24) is 75.2 Å². The fourth-order valence-corrected chi connectivity index (χ4v) is 27.1. The number of anilines is 9. The predicted octanol–water partition coefficient (Wildman–Crippen LogP) is 22.4. The van der Waals surface area contributed by atoms with E-state index in [0.29, 0.717) is 175 Å². The molecule has 38 heteroatoms. The highest BCUT2D eigenvalue weighted by Gasteiger charge is 2.69. The van der Waals surface area contributed by atoms with Gasteiger partial charge in [-0.2, -0.15) is 15.3 Å². The Bertz CT molecular complexity index is 6030. The third kappa shape index (κ3) is 25.8. The van der Waals surface area contributed by atoms with Crippen LogP contribution in [-0.2, 0) is 51.8 Å². The molecule has 3 saturated heterocycles. The molecular weight excluding hydrogens is 1920 g/mol. The van der Waals surface area contributed by atoms with Gasteiger partial charge in [-0.05, 0) is 220 Å². The number of H-pyrrole nitrogens is 3. The number of rotatable bonds is 42. The van der Waals surface area contributed by atoms with Gasteiger partial charge in [-0.1, -0.05) is 143 Å². The highest BCUT2D eigenvalue weighted by Crippen LogP contribution is 2.74. The molecule has 9 heterocycles. The molecule has 800 valence electrons. The van der Waals surface area contributed by atoms with Gasteiger partial charge >= 0.3 is 7.82 Å². The van der Waals surface area contributed by atoms with E-state index in [9.17, 15) is 27.6 Å². The van der Waals surface area contributed by atoms with Crippen LogP contribution in [0.3, 0.4) is 0 Å². The highest BCUT2D eigenvalue weighted by atomic mass is 31.2. The maximum atomic E-state index is 18.9. The highest BCUT2D eigenvalue weighted by molar-refractivity contribution is 7.48. The van der Waals surface area contributed by atoms with Crippen LogP contribution < -0.4 is 60.3 Å². The van der Waals surface area contributed by atoms with Crippen LogP contribution in [0.2, 0.25) is 0 Å². The summed E-state index contributed by atoms with van der Waals surface area (Å²) in [5.41, 5.74) is -3.02. The largest absolute Gasteiger partial charge is 0.493 e. The fraction of sp³-hybridized carbons (Fsp3) is 0.514. The van der Waals surface area contributed by atoms with Gasteiger partial charge in [0.25, 0.3) is 0 Å². The molecule has 6 aromatic heterocycles. The SMILES string of the molecule is COc1cc2c(Nc3cc(CC(=O)Nc4cccc(F)c4)[nH]n3)ncnc2cc1OCCCN1CCC(C(OP(=O)(OC(C2CCN(CCCOc3cc4ncnc(Nc5cc(CC(=O)Nc6cccc(F)c6)[nH]n5)c4cc3OC)CC2)(C(C)(C)C)C(C)(C)C)OC(C2CCN(CCCOc3cc4ncnc(Nc5cc(CC(=O)Nc6cccc(F)c6)[nH]n5)c4cc3OC)CC2)(C(C)(C)C)C(C)(C)C)(C(C)(C)C)C(C)(C)C)CC1. The van der Waals surface area contributed by atoms with Gasteiger partial charge in [0.2, 0.25) is 17.7 Å².